The molecule has 0 amide bonds. The van der Waals surface area contributed by atoms with Crippen LogP contribution in [0.25, 0.3) is 10.9 Å². The molecule has 0 radical (unpaired) electrons. The van der Waals surface area contributed by atoms with Gasteiger partial charge in [-0.1, -0.05) is 6.08 Å². The number of allylic oxidation sites excluding steroid dienone is 1. The molecule has 4 rings (SSSR count). The predicted molar refractivity (Wildman–Crippen MR) is 102 cm³/mol. The van der Waals surface area contributed by atoms with Crippen LogP contribution < -0.4 is 21.3 Å². The van der Waals surface area contributed by atoms with E-state index in [0.717, 1.165) is 38.9 Å². The van der Waals surface area contributed by atoms with Crippen LogP contribution in [0.4, 0.5) is 0 Å². The van der Waals surface area contributed by atoms with Crippen LogP contribution in [0.1, 0.15) is 22.9 Å². The number of hydrogen-bond donors (Lipinski definition) is 4. The van der Waals surface area contributed by atoms with Crippen molar-refractivity contribution >= 4 is 10.9 Å². The summed E-state index contributed by atoms with van der Waals surface area (Å²) in [6.07, 6.45) is 2.25. The number of hydrogen-bond acceptors (Lipinski definition) is 5. The zero-order chi connectivity index (χ0) is 19.1. The summed E-state index contributed by atoms with van der Waals surface area (Å²) >= 11 is 0. The molecule has 8 nitrogen and oxygen atoms in total. The topological polar surface area (TPSA) is 112 Å². The number of ether oxygens (including phenoxy) is 1. The highest BCUT2D eigenvalue weighted by Gasteiger charge is 2.31. The average molecular weight is 368 g/mol. The van der Waals surface area contributed by atoms with Crippen LogP contribution in [-0.2, 0) is 13.0 Å². The Labute approximate surface area is 154 Å². The van der Waals surface area contributed by atoms with Gasteiger partial charge in [-0.2, -0.15) is 0 Å². The first-order valence-corrected chi connectivity index (χ1v) is 8.64. The lowest BCUT2D eigenvalue weighted by Gasteiger charge is -2.25. The minimum absolute atomic E-state index is 0.0952. The summed E-state index contributed by atoms with van der Waals surface area (Å²) in [6.45, 7) is 4.31. The van der Waals surface area contributed by atoms with E-state index < -0.39 is 17.3 Å². The fourth-order valence-corrected chi connectivity index (χ4v) is 3.71. The Morgan fingerprint density at radius 1 is 1.37 bits per heavy atom. The third kappa shape index (κ3) is 2.65. The van der Waals surface area contributed by atoms with Crippen LogP contribution in [-0.4, -0.2) is 33.3 Å². The number of benzene rings is 1. The van der Waals surface area contributed by atoms with E-state index in [1.807, 2.05) is 18.2 Å². The molecule has 140 valence electrons. The molecule has 4 N–H and O–H groups in total. The number of aromatic nitrogens is 3. The van der Waals surface area contributed by atoms with E-state index in [2.05, 4.69) is 21.9 Å². The Morgan fingerprint density at radius 2 is 2.19 bits per heavy atom. The van der Waals surface area contributed by atoms with E-state index >= 15 is 0 Å². The number of aromatic hydroxyl groups is 1. The van der Waals surface area contributed by atoms with Crippen molar-refractivity contribution in [1.82, 2.24) is 19.9 Å². The third-order valence-electron chi connectivity index (χ3n) is 4.97. The van der Waals surface area contributed by atoms with Crippen molar-refractivity contribution in [3.8, 4) is 11.6 Å². The van der Waals surface area contributed by atoms with E-state index in [4.69, 9.17) is 4.74 Å². The zero-order valence-electron chi connectivity index (χ0n) is 14.8. The van der Waals surface area contributed by atoms with Crippen LogP contribution in [0.2, 0.25) is 0 Å². The minimum Gasteiger partial charge on any atom is -0.497 e. The molecule has 0 spiro atoms. The highest BCUT2D eigenvalue weighted by atomic mass is 16.5. The molecule has 27 heavy (non-hydrogen) atoms. The molecule has 2 aromatic heterocycles. The van der Waals surface area contributed by atoms with E-state index in [1.54, 1.807) is 7.11 Å². The monoisotopic (exact) mass is 368 g/mol. The number of fused-ring (bicyclic) bond motifs is 3. The molecule has 0 aliphatic carbocycles. The molecule has 3 heterocycles. The molecular formula is C19H20N4O4. The first-order chi connectivity index (χ1) is 13.0. The van der Waals surface area contributed by atoms with Gasteiger partial charge in [-0.15, -0.1) is 6.58 Å². The minimum atomic E-state index is -0.668. The first kappa shape index (κ1) is 17.2. The lowest BCUT2D eigenvalue weighted by molar-refractivity contribution is 0.391. The Bertz CT molecular complexity index is 1150. The van der Waals surface area contributed by atoms with Gasteiger partial charge in [-0.25, -0.2) is 4.79 Å². The van der Waals surface area contributed by atoms with E-state index in [9.17, 15) is 14.7 Å². The van der Waals surface area contributed by atoms with E-state index in [-0.39, 0.29) is 18.0 Å². The number of rotatable bonds is 4. The standard InChI is InChI=1S/C19H20N4O4/c1-3-8-23-18(25)14(17(24)22-19(23)26)16-15-11(6-7-20-16)12-9-10(27-2)4-5-13(12)21-15/h3-5,9,16,20-21,25H,1,6-8H2,2H3,(H,22,24,26)/t16-/m1/s1. The van der Waals surface area contributed by atoms with Crippen molar-refractivity contribution in [2.75, 3.05) is 13.7 Å². The summed E-state index contributed by atoms with van der Waals surface area (Å²) < 4.78 is 6.40. The molecule has 1 aliphatic heterocycles. The maximum atomic E-state index is 12.5. The van der Waals surface area contributed by atoms with Crippen LogP contribution in [0.3, 0.4) is 0 Å². The van der Waals surface area contributed by atoms with Crippen LogP contribution in [0.15, 0.2) is 40.4 Å². The Balaban J connectivity index is 1.94. The highest BCUT2D eigenvalue weighted by Crippen LogP contribution is 2.35. The van der Waals surface area contributed by atoms with Crippen molar-refractivity contribution in [1.29, 1.82) is 0 Å². The summed E-state index contributed by atoms with van der Waals surface area (Å²) in [6, 6.07) is 5.18. The third-order valence-corrected chi connectivity index (χ3v) is 4.97. The van der Waals surface area contributed by atoms with Crippen LogP contribution in [0.5, 0.6) is 11.6 Å². The second-order valence-corrected chi connectivity index (χ2v) is 6.46. The summed E-state index contributed by atoms with van der Waals surface area (Å²) in [5, 5.41) is 14.9. The highest BCUT2D eigenvalue weighted by molar-refractivity contribution is 5.86. The molecular weight excluding hydrogens is 348 g/mol. The molecule has 1 aromatic carbocycles. The van der Waals surface area contributed by atoms with E-state index in [1.165, 1.54) is 6.08 Å². The maximum absolute atomic E-state index is 12.5. The number of methoxy groups -OCH3 is 1. The molecule has 0 fully saturated rings. The molecule has 0 saturated carbocycles. The summed E-state index contributed by atoms with van der Waals surface area (Å²) in [4.78, 5) is 30.1. The molecule has 1 aliphatic rings. The fourth-order valence-electron chi connectivity index (χ4n) is 3.71. The quantitative estimate of drug-likeness (QED) is 0.516. The zero-order valence-corrected chi connectivity index (χ0v) is 14.8. The van der Waals surface area contributed by atoms with Crippen molar-refractivity contribution in [3.63, 3.8) is 0 Å². The Kier molecular flexibility index (Phi) is 4.12. The Hall–Kier alpha value is -3.26. The largest absolute Gasteiger partial charge is 0.497 e. The lowest BCUT2D eigenvalue weighted by atomic mass is 9.95. The molecule has 0 bridgehead atoms. The number of aromatic amines is 2. The molecule has 8 heteroatoms. The van der Waals surface area contributed by atoms with Gasteiger partial charge in [-0.05, 0) is 30.2 Å². The normalized spacial score (nSPS) is 16.3. The van der Waals surface area contributed by atoms with Gasteiger partial charge in [0, 0.05) is 29.7 Å². The van der Waals surface area contributed by atoms with Gasteiger partial charge < -0.3 is 20.1 Å². The molecule has 3 aromatic rings. The lowest BCUT2D eigenvalue weighted by Crippen LogP contribution is -2.39. The van der Waals surface area contributed by atoms with Crippen molar-refractivity contribution in [2.24, 2.45) is 0 Å². The number of nitrogens with one attached hydrogen (secondary N) is 3. The van der Waals surface area contributed by atoms with Crippen LogP contribution >= 0.6 is 0 Å². The van der Waals surface area contributed by atoms with Gasteiger partial charge in [0.1, 0.15) is 11.3 Å². The van der Waals surface area contributed by atoms with Crippen molar-refractivity contribution in [2.45, 2.75) is 19.0 Å². The molecule has 0 unspecified atom stereocenters. The Morgan fingerprint density at radius 3 is 2.93 bits per heavy atom. The number of H-pyrrole nitrogens is 2. The van der Waals surface area contributed by atoms with Gasteiger partial charge in [0.25, 0.3) is 5.56 Å². The van der Waals surface area contributed by atoms with Gasteiger partial charge in [0.2, 0.25) is 5.88 Å². The smallest absolute Gasteiger partial charge is 0.331 e. The van der Waals surface area contributed by atoms with Crippen LogP contribution in [0, 0.1) is 0 Å². The summed E-state index contributed by atoms with van der Waals surface area (Å²) in [5.74, 6) is 0.393. The van der Waals surface area contributed by atoms with Gasteiger partial charge >= 0.3 is 5.69 Å². The summed E-state index contributed by atoms with van der Waals surface area (Å²) in [7, 11) is 1.62. The average Bonchev–Trinajstić information content (AvgIpc) is 3.03. The molecule has 1 atom stereocenters. The van der Waals surface area contributed by atoms with Crippen molar-refractivity contribution in [3.05, 3.63) is 68.5 Å². The van der Waals surface area contributed by atoms with Gasteiger partial charge in [0.05, 0.1) is 13.2 Å². The van der Waals surface area contributed by atoms with Gasteiger partial charge in [-0.3, -0.25) is 14.3 Å². The second-order valence-electron chi connectivity index (χ2n) is 6.46. The SMILES string of the molecule is C=CCn1c(O)c([C@H]2NCCc3c2[nH]c2ccc(OC)cc32)c(=O)[nH]c1=O. The molecule has 0 saturated heterocycles. The second kappa shape index (κ2) is 6.48. The maximum Gasteiger partial charge on any atom is 0.331 e. The van der Waals surface area contributed by atoms with Gasteiger partial charge in [0.15, 0.2) is 0 Å². The fraction of sp³-hybridized carbons (Fsp3) is 0.263. The first-order valence-electron chi connectivity index (χ1n) is 8.64. The van der Waals surface area contributed by atoms with E-state index in [0.29, 0.717) is 6.54 Å². The van der Waals surface area contributed by atoms with Crippen molar-refractivity contribution < 1.29 is 9.84 Å². The predicted octanol–water partition coefficient (Wildman–Crippen LogP) is 1.15. The number of nitrogens with zero attached hydrogens (tertiary/aromatic N) is 1. The summed E-state index contributed by atoms with van der Waals surface area (Å²) in [5.41, 5.74) is 1.61.